The lowest BCUT2D eigenvalue weighted by molar-refractivity contribution is 1.09. The highest BCUT2D eigenvalue weighted by molar-refractivity contribution is 5.19. The van der Waals surface area contributed by atoms with Crippen molar-refractivity contribution in [1.82, 2.24) is 9.97 Å². The van der Waals surface area contributed by atoms with Crippen LogP contribution in [0.15, 0.2) is 12.4 Å². The van der Waals surface area contributed by atoms with Gasteiger partial charge in [-0.05, 0) is 25.3 Å². The smallest absolute Gasteiger partial charge is 0.204 e. The van der Waals surface area contributed by atoms with Gasteiger partial charge in [-0.1, -0.05) is 19.8 Å². The molecule has 0 atom stereocenters. The Labute approximate surface area is 74.1 Å². The van der Waals surface area contributed by atoms with E-state index in [2.05, 4.69) is 21.8 Å². The normalized spacial score (nSPS) is 7.33. The predicted molar refractivity (Wildman–Crippen MR) is 50.7 cm³/mol. The minimum Gasteiger partial charge on any atom is -0.229 e. The lowest BCUT2D eigenvalue weighted by Gasteiger charge is -1.88. The van der Waals surface area contributed by atoms with Gasteiger partial charge < -0.3 is 0 Å². The molecular formula is C10H14N2. The fourth-order valence-corrected chi connectivity index (χ4v) is 0.569. The summed E-state index contributed by atoms with van der Waals surface area (Å²) in [7, 11) is 0. The Balaban J connectivity index is 0.000000561. The SMILES string of the molecule is CC.CC#Cc1ncc(C)cn1. The van der Waals surface area contributed by atoms with Gasteiger partial charge in [-0.2, -0.15) is 0 Å². The van der Waals surface area contributed by atoms with Crippen LogP contribution < -0.4 is 0 Å². The van der Waals surface area contributed by atoms with E-state index in [0.717, 1.165) is 5.56 Å². The summed E-state index contributed by atoms with van der Waals surface area (Å²) in [6.45, 7) is 7.71. The van der Waals surface area contributed by atoms with E-state index < -0.39 is 0 Å². The van der Waals surface area contributed by atoms with Gasteiger partial charge in [-0.25, -0.2) is 9.97 Å². The Kier molecular flexibility index (Phi) is 5.64. The Bertz CT molecular complexity index is 264. The topological polar surface area (TPSA) is 25.8 Å². The highest BCUT2D eigenvalue weighted by Gasteiger charge is 1.86. The molecule has 1 rings (SSSR count). The third kappa shape index (κ3) is 3.72. The van der Waals surface area contributed by atoms with Gasteiger partial charge >= 0.3 is 0 Å². The van der Waals surface area contributed by atoms with Gasteiger partial charge in [0.25, 0.3) is 0 Å². The maximum Gasteiger partial charge on any atom is 0.204 e. The first-order valence-electron chi connectivity index (χ1n) is 4.04. The molecule has 1 aromatic rings. The van der Waals surface area contributed by atoms with E-state index in [4.69, 9.17) is 0 Å². The van der Waals surface area contributed by atoms with Crippen molar-refractivity contribution >= 4 is 0 Å². The van der Waals surface area contributed by atoms with Crippen LogP contribution in [0.1, 0.15) is 32.2 Å². The quantitative estimate of drug-likeness (QED) is 0.546. The number of hydrogen-bond acceptors (Lipinski definition) is 2. The molecule has 0 bridgehead atoms. The summed E-state index contributed by atoms with van der Waals surface area (Å²) in [4.78, 5) is 7.97. The molecule has 0 aliphatic carbocycles. The second-order valence-electron chi connectivity index (χ2n) is 1.96. The third-order valence-corrected chi connectivity index (χ3v) is 1.02. The maximum atomic E-state index is 3.98. The standard InChI is InChI=1S/C8H8N2.C2H6/c1-3-4-8-9-5-7(2)6-10-8;1-2/h5-6H,1-2H3;1-2H3. The number of nitrogens with zero attached hydrogens (tertiary/aromatic N) is 2. The Morgan fingerprint density at radius 2 is 1.67 bits per heavy atom. The summed E-state index contributed by atoms with van der Waals surface area (Å²) in [5.74, 6) is 6.08. The van der Waals surface area contributed by atoms with Gasteiger partial charge in [-0.3, -0.25) is 0 Å². The van der Waals surface area contributed by atoms with Crippen molar-refractivity contribution in [3.8, 4) is 11.8 Å². The van der Waals surface area contributed by atoms with Crippen molar-refractivity contribution < 1.29 is 0 Å². The molecule has 0 unspecified atom stereocenters. The molecule has 2 heteroatoms. The predicted octanol–water partition coefficient (Wildman–Crippen LogP) is 2.18. The summed E-state index contributed by atoms with van der Waals surface area (Å²) in [6.07, 6.45) is 3.51. The van der Waals surface area contributed by atoms with E-state index in [1.165, 1.54) is 0 Å². The van der Waals surface area contributed by atoms with E-state index in [1.54, 1.807) is 19.3 Å². The fourth-order valence-electron chi connectivity index (χ4n) is 0.569. The Hall–Kier alpha value is -1.36. The first-order valence-corrected chi connectivity index (χ1v) is 4.04. The van der Waals surface area contributed by atoms with Crippen molar-refractivity contribution in [3.63, 3.8) is 0 Å². The first kappa shape index (κ1) is 10.6. The molecule has 1 heterocycles. The van der Waals surface area contributed by atoms with Crippen molar-refractivity contribution in [1.29, 1.82) is 0 Å². The fraction of sp³-hybridized carbons (Fsp3) is 0.400. The van der Waals surface area contributed by atoms with Crippen molar-refractivity contribution in [2.75, 3.05) is 0 Å². The van der Waals surface area contributed by atoms with Crippen LogP contribution in [0, 0.1) is 18.8 Å². The number of hydrogen-bond donors (Lipinski definition) is 0. The summed E-state index contributed by atoms with van der Waals surface area (Å²) < 4.78 is 0. The van der Waals surface area contributed by atoms with Crippen LogP contribution in [-0.2, 0) is 0 Å². The van der Waals surface area contributed by atoms with Crippen molar-refractivity contribution in [2.24, 2.45) is 0 Å². The van der Waals surface area contributed by atoms with Crippen LogP contribution >= 0.6 is 0 Å². The molecule has 0 N–H and O–H groups in total. The van der Waals surface area contributed by atoms with E-state index in [1.807, 2.05) is 20.8 Å². The average Bonchev–Trinajstić information content (AvgIpc) is 2.13. The molecule has 0 fully saturated rings. The highest BCUT2D eigenvalue weighted by atomic mass is 14.8. The molecule has 0 amide bonds. The third-order valence-electron chi connectivity index (χ3n) is 1.02. The summed E-state index contributed by atoms with van der Waals surface area (Å²) >= 11 is 0. The summed E-state index contributed by atoms with van der Waals surface area (Å²) in [6, 6.07) is 0. The number of aryl methyl sites for hydroxylation is 1. The lowest BCUT2D eigenvalue weighted by Crippen LogP contribution is -1.87. The molecule has 0 aliphatic heterocycles. The van der Waals surface area contributed by atoms with Crippen LogP contribution in [0.25, 0.3) is 0 Å². The zero-order valence-electron chi connectivity index (χ0n) is 8.05. The zero-order chi connectivity index (χ0) is 9.40. The molecular weight excluding hydrogens is 148 g/mol. The molecule has 0 saturated carbocycles. The second-order valence-corrected chi connectivity index (χ2v) is 1.96. The molecule has 64 valence electrons. The highest BCUT2D eigenvalue weighted by Crippen LogP contribution is 1.90. The number of rotatable bonds is 0. The maximum absolute atomic E-state index is 3.98. The van der Waals surface area contributed by atoms with Gasteiger partial charge in [0.2, 0.25) is 5.82 Å². The largest absolute Gasteiger partial charge is 0.229 e. The van der Waals surface area contributed by atoms with E-state index in [-0.39, 0.29) is 0 Å². The average molecular weight is 162 g/mol. The van der Waals surface area contributed by atoms with Crippen LogP contribution in [0.3, 0.4) is 0 Å². The van der Waals surface area contributed by atoms with E-state index in [0.29, 0.717) is 5.82 Å². The minimum atomic E-state index is 0.591. The van der Waals surface area contributed by atoms with Gasteiger partial charge in [0.05, 0.1) is 0 Å². The van der Waals surface area contributed by atoms with Gasteiger partial charge in [-0.15, -0.1) is 0 Å². The monoisotopic (exact) mass is 162 g/mol. The van der Waals surface area contributed by atoms with E-state index in [9.17, 15) is 0 Å². The molecule has 1 aromatic heterocycles. The van der Waals surface area contributed by atoms with E-state index >= 15 is 0 Å². The van der Waals surface area contributed by atoms with Crippen LogP contribution in [0.5, 0.6) is 0 Å². The second kappa shape index (κ2) is 6.36. The van der Waals surface area contributed by atoms with Gasteiger partial charge in [0.1, 0.15) is 0 Å². The zero-order valence-corrected chi connectivity index (χ0v) is 8.05. The Morgan fingerprint density at radius 3 is 2.08 bits per heavy atom. The van der Waals surface area contributed by atoms with Crippen molar-refractivity contribution in [3.05, 3.63) is 23.8 Å². The van der Waals surface area contributed by atoms with Gasteiger partial charge in [0, 0.05) is 12.4 Å². The minimum absolute atomic E-state index is 0.591. The lowest BCUT2D eigenvalue weighted by atomic mass is 10.4. The molecule has 0 aromatic carbocycles. The molecule has 0 aliphatic rings. The van der Waals surface area contributed by atoms with Crippen LogP contribution in [-0.4, -0.2) is 9.97 Å². The summed E-state index contributed by atoms with van der Waals surface area (Å²) in [5.41, 5.74) is 1.06. The van der Waals surface area contributed by atoms with Gasteiger partial charge in [0.15, 0.2) is 0 Å². The van der Waals surface area contributed by atoms with Crippen molar-refractivity contribution in [2.45, 2.75) is 27.7 Å². The molecule has 0 saturated heterocycles. The first-order chi connectivity index (χ1) is 5.83. The Morgan fingerprint density at radius 1 is 1.17 bits per heavy atom. The molecule has 2 nitrogen and oxygen atoms in total. The molecule has 12 heavy (non-hydrogen) atoms. The summed E-state index contributed by atoms with van der Waals surface area (Å²) in [5, 5.41) is 0. The van der Waals surface area contributed by atoms with Crippen LogP contribution in [0.2, 0.25) is 0 Å². The molecule has 0 spiro atoms. The van der Waals surface area contributed by atoms with Crippen LogP contribution in [0.4, 0.5) is 0 Å². The molecule has 0 radical (unpaired) electrons. The number of aromatic nitrogens is 2.